The van der Waals surface area contributed by atoms with Gasteiger partial charge < -0.3 is 0 Å². The molecule has 1 amide bonds. The Hall–Kier alpha value is -1.38. The maximum atomic E-state index is 12.9. The van der Waals surface area contributed by atoms with Crippen LogP contribution in [0.15, 0.2) is 24.3 Å². The lowest BCUT2D eigenvalue weighted by Gasteiger charge is -2.10. The first-order chi connectivity index (χ1) is 7.99. The SMILES string of the molecule is CC(=O)N(F)CCc1ccc(CC(C)C)cc1. The van der Waals surface area contributed by atoms with E-state index in [1.165, 1.54) is 12.5 Å². The molecular weight excluding hydrogens is 217 g/mol. The van der Waals surface area contributed by atoms with Crippen LogP contribution in [0.5, 0.6) is 0 Å². The van der Waals surface area contributed by atoms with E-state index in [0.717, 1.165) is 12.0 Å². The molecule has 0 spiro atoms. The highest BCUT2D eigenvalue weighted by Gasteiger charge is 2.06. The van der Waals surface area contributed by atoms with Gasteiger partial charge in [0.25, 0.3) is 0 Å². The lowest BCUT2D eigenvalue weighted by molar-refractivity contribution is -0.143. The average Bonchev–Trinajstić information content (AvgIpc) is 2.26. The third kappa shape index (κ3) is 4.98. The number of hydrogen-bond acceptors (Lipinski definition) is 1. The number of carbonyl (C=O) groups excluding carboxylic acids is 1. The van der Waals surface area contributed by atoms with Crippen molar-refractivity contribution in [1.82, 2.24) is 5.12 Å². The van der Waals surface area contributed by atoms with Crippen molar-refractivity contribution in [3.63, 3.8) is 0 Å². The minimum absolute atomic E-state index is 0.124. The zero-order chi connectivity index (χ0) is 12.8. The first kappa shape index (κ1) is 13.7. The molecule has 94 valence electrons. The van der Waals surface area contributed by atoms with Crippen molar-refractivity contribution < 1.29 is 9.28 Å². The van der Waals surface area contributed by atoms with Gasteiger partial charge in [0.15, 0.2) is 0 Å². The number of carbonyl (C=O) groups is 1. The maximum Gasteiger partial charge on any atom is 0.247 e. The summed E-state index contributed by atoms with van der Waals surface area (Å²) in [6, 6.07) is 8.16. The standard InChI is InChI=1S/C14H20FNO/c1-11(2)10-14-6-4-13(5-7-14)8-9-16(15)12(3)17/h4-7,11H,8-10H2,1-3H3. The Morgan fingerprint density at radius 1 is 1.24 bits per heavy atom. The normalized spacial score (nSPS) is 10.6. The summed E-state index contributed by atoms with van der Waals surface area (Å²) in [6.07, 6.45) is 1.61. The second-order valence-electron chi connectivity index (χ2n) is 4.77. The van der Waals surface area contributed by atoms with Crippen molar-refractivity contribution in [3.8, 4) is 0 Å². The predicted octanol–water partition coefficient (Wildman–Crippen LogP) is 3.16. The van der Waals surface area contributed by atoms with Crippen molar-refractivity contribution in [2.45, 2.75) is 33.6 Å². The molecule has 0 N–H and O–H groups in total. The molecule has 0 bridgehead atoms. The van der Waals surface area contributed by atoms with Gasteiger partial charge in [-0.15, -0.1) is 0 Å². The first-order valence-corrected chi connectivity index (χ1v) is 6.00. The molecule has 0 fully saturated rings. The van der Waals surface area contributed by atoms with Crippen LogP contribution in [-0.4, -0.2) is 17.6 Å². The van der Waals surface area contributed by atoms with Gasteiger partial charge >= 0.3 is 0 Å². The van der Waals surface area contributed by atoms with Gasteiger partial charge in [-0.25, -0.2) is 0 Å². The molecule has 1 aromatic carbocycles. The summed E-state index contributed by atoms with van der Waals surface area (Å²) < 4.78 is 12.9. The summed E-state index contributed by atoms with van der Waals surface area (Å²) in [5.74, 6) is 0.0984. The van der Waals surface area contributed by atoms with E-state index in [1.54, 1.807) is 0 Å². The van der Waals surface area contributed by atoms with Gasteiger partial charge in [0, 0.05) is 6.92 Å². The quantitative estimate of drug-likeness (QED) is 0.720. The number of nitrogens with zero attached hydrogens (tertiary/aromatic N) is 1. The van der Waals surface area contributed by atoms with E-state index < -0.39 is 5.91 Å². The van der Waals surface area contributed by atoms with Crippen LogP contribution in [-0.2, 0) is 17.6 Å². The Morgan fingerprint density at radius 2 is 1.76 bits per heavy atom. The van der Waals surface area contributed by atoms with E-state index in [2.05, 4.69) is 26.0 Å². The van der Waals surface area contributed by atoms with E-state index in [9.17, 15) is 9.28 Å². The second kappa shape index (κ2) is 6.38. The first-order valence-electron chi connectivity index (χ1n) is 6.00. The largest absolute Gasteiger partial charge is 0.273 e. The summed E-state index contributed by atoms with van der Waals surface area (Å²) in [5.41, 5.74) is 2.36. The fourth-order valence-electron chi connectivity index (χ4n) is 1.70. The number of benzene rings is 1. The van der Waals surface area contributed by atoms with Gasteiger partial charge in [0.05, 0.1) is 6.54 Å². The second-order valence-corrected chi connectivity index (χ2v) is 4.77. The summed E-state index contributed by atoms with van der Waals surface area (Å²) in [7, 11) is 0. The number of hydrogen-bond donors (Lipinski definition) is 0. The van der Waals surface area contributed by atoms with E-state index in [-0.39, 0.29) is 11.7 Å². The third-order valence-corrected chi connectivity index (χ3v) is 2.61. The molecule has 17 heavy (non-hydrogen) atoms. The molecule has 0 aliphatic rings. The van der Waals surface area contributed by atoms with Crippen LogP contribution in [0.25, 0.3) is 0 Å². The summed E-state index contributed by atoms with van der Waals surface area (Å²) in [5, 5.41) is 0.252. The monoisotopic (exact) mass is 237 g/mol. The highest BCUT2D eigenvalue weighted by Crippen LogP contribution is 2.10. The van der Waals surface area contributed by atoms with Gasteiger partial charge in [0.2, 0.25) is 5.91 Å². The molecule has 3 heteroatoms. The van der Waals surface area contributed by atoms with Gasteiger partial charge in [0.1, 0.15) is 0 Å². The van der Waals surface area contributed by atoms with Crippen molar-refractivity contribution in [2.24, 2.45) is 5.92 Å². The Balaban J connectivity index is 2.48. The topological polar surface area (TPSA) is 20.3 Å². The maximum absolute atomic E-state index is 12.9. The van der Waals surface area contributed by atoms with Crippen LogP contribution >= 0.6 is 0 Å². The summed E-state index contributed by atoms with van der Waals surface area (Å²) in [4.78, 5) is 10.7. The van der Waals surface area contributed by atoms with Crippen molar-refractivity contribution in [2.75, 3.05) is 6.54 Å². The van der Waals surface area contributed by atoms with Crippen molar-refractivity contribution in [1.29, 1.82) is 0 Å². The van der Waals surface area contributed by atoms with Crippen LogP contribution in [0.1, 0.15) is 31.9 Å². The van der Waals surface area contributed by atoms with Crippen LogP contribution in [0.4, 0.5) is 4.48 Å². The Labute approximate surface area is 102 Å². The lowest BCUT2D eigenvalue weighted by atomic mass is 10.0. The Kier molecular flexibility index (Phi) is 5.13. The van der Waals surface area contributed by atoms with Crippen LogP contribution in [0.3, 0.4) is 0 Å². The molecule has 0 aliphatic carbocycles. The van der Waals surface area contributed by atoms with Gasteiger partial charge in [-0.1, -0.05) is 42.6 Å². The van der Waals surface area contributed by atoms with Gasteiger partial charge in [-0.2, -0.15) is 5.12 Å². The van der Waals surface area contributed by atoms with Gasteiger partial charge in [-0.3, -0.25) is 4.79 Å². The molecule has 0 heterocycles. The fourth-order valence-corrected chi connectivity index (χ4v) is 1.70. The molecule has 0 radical (unpaired) electrons. The molecule has 0 unspecified atom stereocenters. The zero-order valence-corrected chi connectivity index (χ0v) is 10.7. The highest BCUT2D eigenvalue weighted by atomic mass is 19.2. The molecule has 0 atom stereocenters. The lowest BCUT2D eigenvalue weighted by Crippen LogP contribution is -2.21. The molecule has 0 aliphatic heterocycles. The summed E-state index contributed by atoms with van der Waals surface area (Å²) in [6.45, 7) is 5.72. The molecule has 2 nitrogen and oxygen atoms in total. The molecule has 0 saturated carbocycles. The van der Waals surface area contributed by atoms with Crippen molar-refractivity contribution in [3.05, 3.63) is 35.4 Å². The zero-order valence-electron chi connectivity index (χ0n) is 10.7. The van der Waals surface area contributed by atoms with Crippen molar-refractivity contribution >= 4 is 5.91 Å². The Bertz CT molecular complexity index is 359. The number of rotatable bonds is 5. The Morgan fingerprint density at radius 3 is 2.24 bits per heavy atom. The molecular formula is C14H20FNO. The molecule has 0 aromatic heterocycles. The minimum atomic E-state index is -0.540. The fraction of sp³-hybridized carbons (Fsp3) is 0.500. The van der Waals surface area contributed by atoms with E-state index in [0.29, 0.717) is 12.3 Å². The number of amides is 1. The smallest absolute Gasteiger partial charge is 0.247 e. The van der Waals surface area contributed by atoms with Crippen LogP contribution in [0.2, 0.25) is 0 Å². The average molecular weight is 237 g/mol. The molecule has 0 saturated heterocycles. The van der Waals surface area contributed by atoms with E-state index >= 15 is 0 Å². The van der Waals surface area contributed by atoms with Gasteiger partial charge in [-0.05, 0) is 29.9 Å². The van der Waals surface area contributed by atoms with Crippen LogP contribution < -0.4 is 0 Å². The summed E-state index contributed by atoms with van der Waals surface area (Å²) >= 11 is 0. The van der Waals surface area contributed by atoms with E-state index in [1.807, 2.05) is 12.1 Å². The highest BCUT2D eigenvalue weighted by molar-refractivity contribution is 5.71. The predicted molar refractivity (Wildman–Crippen MR) is 67.2 cm³/mol. The third-order valence-electron chi connectivity index (χ3n) is 2.61. The minimum Gasteiger partial charge on any atom is -0.273 e. The molecule has 1 rings (SSSR count). The van der Waals surface area contributed by atoms with E-state index in [4.69, 9.17) is 0 Å². The molecule has 1 aromatic rings. The van der Waals surface area contributed by atoms with Crippen LogP contribution in [0, 0.1) is 5.92 Å². The number of halogens is 1.